The Hall–Kier alpha value is -0.930. The molecule has 0 spiro atoms. The number of fused-ring (bicyclic) bond motifs is 1. The molecule has 0 fully saturated rings. The van der Waals surface area contributed by atoms with Gasteiger partial charge < -0.3 is 0 Å². The Morgan fingerprint density at radius 1 is 1.05 bits per heavy atom. The Balaban J connectivity index is 2.37. The summed E-state index contributed by atoms with van der Waals surface area (Å²) in [4.78, 5) is 4.48. The quantitative estimate of drug-likeness (QED) is 0.543. The lowest BCUT2D eigenvalue weighted by molar-refractivity contribution is 0.982. The molecule has 1 heterocycles. The van der Waals surface area contributed by atoms with Gasteiger partial charge in [-0.15, -0.1) is 11.6 Å². The molecule has 0 radical (unpaired) electrons. The van der Waals surface area contributed by atoms with Gasteiger partial charge in [-0.25, -0.2) is 4.98 Å². The minimum Gasteiger partial charge on any atom is -0.294 e. The number of imidazole rings is 1. The molecule has 0 aliphatic carbocycles. The average molecular weight is 346 g/mol. The number of aromatic nitrogens is 2. The van der Waals surface area contributed by atoms with Gasteiger partial charge in [0.25, 0.3) is 0 Å². The van der Waals surface area contributed by atoms with Gasteiger partial charge in [-0.3, -0.25) is 4.57 Å². The molecule has 0 N–H and O–H groups in total. The topological polar surface area (TPSA) is 17.8 Å². The van der Waals surface area contributed by atoms with Crippen LogP contribution in [0.2, 0.25) is 15.1 Å². The van der Waals surface area contributed by atoms with Gasteiger partial charge in [0, 0.05) is 5.02 Å². The largest absolute Gasteiger partial charge is 0.294 e. The lowest BCUT2D eigenvalue weighted by Crippen LogP contribution is -2.00. The van der Waals surface area contributed by atoms with Crippen molar-refractivity contribution in [1.82, 2.24) is 9.55 Å². The monoisotopic (exact) mass is 344 g/mol. The SMILES string of the molecule is ClCc1nc2cc(Cl)ccc2n1-c1cccc(Cl)c1Cl. The Bertz CT molecular complexity index is 795. The summed E-state index contributed by atoms with van der Waals surface area (Å²) in [7, 11) is 0. The highest BCUT2D eigenvalue weighted by molar-refractivity contribution is 6.43. The zero-order valence-electron chi connectivity index (χ0n) is 10.1. The van der Waals surface area contributed by atoms with Crippen molar-refractivity contribution in [2.75, 3.05) is 0 Å². The molecule has 0 bridgehead atoms. The maximum atomic E-state index is 6.30. The molecular weight excluding hydrogens is 338 g/mol. The lowest BCUT2D eigenvalue weighted by Gasteiger charge is -2.10. The van der Waals surface area contributed by atoms with E-state index in [-0.39, 0.29) is 5.88 Å². The van der Waals surface area contributed by atoms with Crippen LogP contribution in [-0.2, 0) is 5.88 Å². The van der Waals surface area contributed by atoms with Crippen molar-refractivity contribution < 1.29 is 0 Å². The summed E-state index contributed by atoms with van der Waals surface area (Å²) in [6, 6.07) is 10.9. The van der Waals surface area contributed by atoms with Crippen molar-refractivity contribution in [3.05, 3.63) is 57.3 Å². The van der Waals surface area contributed by atoms with Crippen LogP contribution in [0.15, 0.2) is 36.4 Å². The van der Waals surface area contributed by atoms with Gasteiger partial charge in [0.05, 0.1) is 32.6 Å². The fourth-order valence-corrected chi connectivity index (χ4v) is 2.85. The molecule has 0 aliphatic heterocycles. The van der Waals surface area contributed by atoms with E-state index in [1.165, 1.54) is 0 Å². The van der Waals surface area contributed by atoms with Crippen LogP contribution < -0.4 is 0 Å². The predicted molar refractivity (Wildman–Crippen MR) is 85.7 cm³/mol. The molecule has 0 amide bonds. The lowest BCUT2D eigenvalue weighted by atomic mass is 10.2. The normalized spacial score (nSPS) is 11.2. The van der Waals surface area contributed by atoms with Gasteiger partial charge >= 0.3 is 0 Å². The second kappa shape index (κ2) is 5.45. The molecule has 0 aliphatic rings. The Morgan fingerprint density at radius 3 is 2.60 bits per heavy atom. The smallest absolute Gasteiger partial charge is 0.129 e. The Morgan fingerprint density at radius 2 is 1.85 bits per heavy atom. The number of halogens is 4. The van der Waals surface area contributed by atoms with E-state index in [0.29, 0.717) is 20.9 Å². The van der Waals surface area contributed by atoms with E-state index in [1.807, 2.05) is 22.8 Å². The molecular formula is C14H8Cl4N2. The minimum absolute atomic E-state index is 0.259. The van der Waals surface area contributed by atoms with Gasteiger partial charge in [-0.2, -0.15) is 0 Å². The average Bonchev–Trinajstić information content (AvgIpc) is 2.79. The van der Waals surface area contributed by atoms with Crippen LogP contribution >= 0.6 is 46.4 Å². The number of hydrogen-bond acceptors (Lipinski definition) is 1. The summed E-state index contributed by atoms with van der Waals surface area (Å²) >= 11 is 24.4. The standard InChI is InChI=1S/C14H8Cl4N2/c15-7-13-19-10-6-8(16)4-5-11(10)20(13)12-3-1-2-9(17)14(12)18/h1-6H,7H2. The van der Waals surface area contributed by atoms with Gasteiger partial charge in [0.15, 0.2) is 0 Å². The molecule has 0 saturated carbocycles. The fraction of sp³-hybridized carbons (Fsp3) is 0.0714. The van der Waals surface area contributed by atoms with Crippen molar-refractivity contribution in [1.29, 1.82) is 0 Å². The Kier molecular flexibility index (Phi) is 3.83. The van der Waals surface area contributed by atoms with E-state index in [1.54, 1.807) is 18.2 Å². The van der Waals surface area contributed by atoms with E-state index in [2.05, 4.69) is 4.98 Å². The van der Waals surface area contributed by atoms with Gasteiger partial charge in [-0.05, 0) is 30.3 Å². The van der Waals surface area contributed by atoms with Crippen molar-refractivity contribution >= 4 is 57.4 Å². The highest BCUT2D eigenvalue weighted by Crippen LogP contribution is 2.32. The maximum absolute atomic E-state index is 6.30. The summed E-state index contributed by atoms with van der Waals surface area (Å²) in [5.74, 6) is 0.947. The highest BCUT2D eigenvalue weighted by atomic mass is 35.5. The van der Waals surface area contributed by atoms with E-state index < -0.39 is 0 Å². The van der Waals surface area contributed by atoms with E-state index in [0.717, 1.165) is 16.7 Å². The third-order valence-electron chi connectivity index (χ3n) is 2.98. The van der Waals surface area contributed by atoms with Crippen LogP contribution in [0.25, 0.3) is 16.7 Å². The van der Waals surface area contributed by atoms with Crippen molar-refractivity contribution in [3.8, 4) is 5.69 Å². The summed E-state index contributed by atoms with van der Waals surface area (Å²) in [5.41, 5.74) is 2.40. The van der Waals surface area contributed by atoms with Crippen molar-refractivity contribution in [2.24, 2.45) is 0 Å². The Labute approximate surface area is 135 Å². The maximum Gasteiger partial charge on any atom is 0.129 e. The first kappa shape index (κ1) is 14.0. The van der Waals surface area contributed by atoms with Crippen LogP contribution in [-0.4, -0.2) is 9.55 Å². The molecule has 102 valence electrons. The second-order valence-corrected chi connectivity index (χ2v) is 5.69. The molecule has 3 rings (SSSR count). The number of hydrogen-bond donors (Lipinski definition) is 0. The summed E-state index contributed by atoms with van der Waals surface area (Å²) in [5, 5.41) is 1.58. The number of benzene rings is 2. The number of alkyl halides is 1. The molecule has 1 aromatic heterocycles. The molecule has 2 nitrogen and oxygen atoms in total. The van der Waals surface area contributed by atoms with Crippen LogP contribution in [0.4, 0.5) is 0 Å². The van der Waals surface area contributed by atoms with Gasteiger partial charge in [0.1, 0.15) is 5.82 Å². The molecule has 0 unspecified atom stereocenters. The zero-order chi connectivity index (χ0) is 14.3. The van der Waals surface area contributed by atoms with Crippen molar-refractivity contribution in [2.45, 2.75) is 5.88 Å². The third kappa shape index (κ3) is 2.27. The van der Waals surface area contributed by atoms with Crippen LogP contribution in [0.3, 0.4) is 0 Å². The summed E-state index contributed by atoms with van der Waals surface area (Å²) in [6.07, 6.45) is 0. The number of nitrogens with zero attached hydrogens (tertiary/aromatic N) is 2. The van der Waals surface area contributed by atoms with E-state index in [4.69, 9.17) is 46.4 Å². The predicted octanol–water partition coefficient (Wildman–Crippen LogP) is 5.72. The van der Waals surface area contributed by atoms with Crippen molar-refractivity contribution in [3.63, 3.8) is 0 Å². The molecule has 0 atom stereocenters. The highest BCUT2D eigenvalue weighted by Gasteiger charge is 2.15. The first-order valence-electron chi connectivity index (χ1n) is 5.79. The fourth-order valence-electron chi connectivity index (χ4n) is 2.13. The second-order valence-electron chi connectivity index (χ2n) is 4.20. The van der Waals surface area contributed by atoms with Crippen LogP contribution in [0.1, 0.15) is 5.82 Å². The first-order valence-corrected chi connectivity index (χ1v) is 7.46. The summed E-state index contributed by atoms with van der Waals surface area (Å²) < 4.78 is 1.90. The molecule has 0 saturated heterocycles. The van der Waals surface area contributed by atoms with Crippen LogP contribution in [0.5, 0.6) is 0 Å². The summed E-state index contributed by atoms with van der Waals surface area (Å²) in [6.45, 7) is 0. The van der Waals surface area contributed by atoms with E-state index in [9.17, 15) is 0 Å². The first-order chi connectivity index (χ1) is 9.61. The molecule has 6 heteroatoms. The van der Waals surface area contributed by atoms with Crippen LogP contribution in [0, 0.1) is 0 Å². The van der Waals surface area contributed by atoms with Gasteiger partial charge in [0.2, 0.25) is 0 Å². The zero-order valence-corrected chi connectivity index (χ0v) is 13.1. The molecule has 20 heavy (non-hydrogen) atoms. The van der Waals surface area contributed by atoms with Gasteiger partial charge in [-0.1, -0.05) is 40.9 Å². The van der Waals surface area contributed by atoms with E-state index >= 15 is 0 Å². The third-order valence-corrected chi connectivity index (χ3v) is 4.26. The molecule has 2 aromatic carbocycles. The molecule has 3 aromatic rings. The minimum atomic E-state index is 0.259. The number of rotatable bonds is 2.